The van der Waals surface area contributed by atoms with E-state index < -0.39 is 0 Å². The number of quaternary nitrogens is 1. The molecule has 1 heterocycles. The van der Waals surface area contributed by atoms with Gasteiger partial charge in [-0.05, 0) is 38.3 Å². The van der Waals surface area contributed by atoms with E-state index in [1.807, 2.05) is 37.3 Å². The van der Waals surface area contributed by atoms with Gasteiger partial charge in [-0.25, -0.2) is 4.79 Å². The summed E-state index contributed by atoms with van der Waals surface area (Å²) < 4.78 is 17.7. The highest BCUT2D eigenvalue weighted by molar-refractivity contribution is 5.74. The van der Waals surface area contributed by atoms with Gasteiger partial charge in [0.1, 0.15) is 24.1 Å². The third-order valence-corrected chi connectivity index (χ3v) is 4.05. The van der Waals surface area contributed by atoms with E-state index in [0.717, 1.165) is 25.0 Å². The Bertz CT molecular complexity index is 485. The van der Waals surface area contributed by atoms with Crippen LogP contribution >= 0.6 is 0 Å². The van der Waals surface area contributed by atoms with Crippen LogP contribution in [0.2, 0.25) is 0 Å². The molecule has 1 fully saturated rings. The van der Waals surface area contributed by atoms with E-state index in [-0.39, 0.29) is 42.7 Å². The Kier molecular flexibility index (Phi) is 9.11. The van der Waals surface area contributed by atoms with Crippen LogP contribution in [0.15, 0.2) is 30.3 Å². The fourth-order valence-corrected chi connectivity index (χ4v) is 2.79. The third kappa shape index (κ3) is 5.96. The summed E-state index contributed by atoms with van der Waals surface area (Å²) in [6.45, 7) is 4.55. The fourth-order valence-electron chi connectivity index (χ4n) is 2.79. The van der Waals surface area contributed by atoms with Gasteiger partial charge >= 0.3 is 5.97 Å². The van der Waals surface area contributed by atoms with Crippen molar-refractivity contribution in [3.05, 3.63) is 30.3 Å². The van der Waals surface area contributed by atoms with Crippen LogP contribution in [0.4, 0.5) is 0 Å². The highest BCUT2D eigenvalue weighted by atomic mass is 35.5. The minimum absolute atomic E-state index is 0. The summed E-state index contributed by atoms with van der Waals surface area (Å²) >= 11 is 0. The molecule has 24 heavy (non-hydrogen) atoms. The van der Waals surface area contributed by atoms with Crippen molar-refractivity contribution in [2.75, 3.05) is 6.61 Å². The SMILES string of the molecule is CCCO[C@H]1[C@H](C)OC(=O)[C@@H]([NH3+])CCC[C@@H]1Oc1ccccc1.[Cl-]. The van der Waals surface area contributed by atoms with Gasteiger partial charge in [0, 0.05) is 13.0 Å². The number of benzene rings is 1. The van der Waals surface area contributed by atoms with E-state index in [9.17, 15) is 4.79 Å². The van der Waals surface area contributed by atoms with Crippen molar-refractivity contribution in [2.45, 2.75) is 63.9 Å². The lowest BCUT2D eigenvalue weighted by Crippen LogP contribution is -3.00. The van der Waals surface area contributed by atoms with Crippen LogP contribution < -0.4 is 22.9 Å². The van der Waals surface area contributed by atoms with E-state index in [1.165, 1.54) is 0 Å². The van der Waals surface area contributed by atoms with Gasteiger partial charge in [-0.2, -0.15) is 0 Å². The predicted molar refractivity (Wildman–Crippen MR) is 87.0 cm³/mol. The quantitative estimate of drug-likeness (QED) is 0.683. The molecule has 1 saturated heterocycles. The molecule has 0 unspecified atom stereocenters. The van der Waals surface area contributed by atoms with Crippen molar-refractivity contribution in [3.63, 3.8) is 0 Å². The normalized spacial score (nSPS) is 27.9. The summed E-state index contributed by atoms with van der Waals surface area (Å²) in [5, 5.41) is 0. The molecular weight excluding hydrogens is 330 g/mol. The summed E-state index contributed by atoms with van der Waals surface area (Å²) in [7, 11) is 0. The number of esters is 1. The highest BCUT2D eigenvalue weighted by Crippen LogP contribution is 2.23. The molecule has 0 aromatic heterocycles. The molecule has 0 amide bonds. The average Bonchev–Trinajstić information content (AvgIpc) is 2.59. The number of halogens is 1. The van der Waals surface area contributed by atoms with Gasteiger partial charge in [0.05, 0.1) is 0 Å². The van der Waals surface area contributed by atoms with E-state index in [4.69, 9.17) is 14.2 Å². The molecule has 136 valence electrons. The Hall–Kier alpha value is -1.30. The van der Waals surface area contributed by atoms with Gasteiger partial charge in [-0.15, -0.1) is 0 Å². The van der Waals surface area contributed by atoms with E-state index in [2.05, 4.69) is 12.7 Å². The van der Waals surface area contributed by atoms with Crippen LogP contribution in [-0.2, 0) is 14.3 Å². The zero-order chi connectivity index (χ0) is 16.7. The predicted octanol–water partition coefficient (Wildman–Crippen LogP) is -1.04. The van der Waals surface area contributed by atoms with E-state index in [0.29, 0.717) is 13.0 Å². The smallest absolute Gasteiger partial charge is 0.365 e. The molecule has 6 heteroatoms. The number of para-hydroxylation sites is 1. The summed E-state index contributed by atoms with van der Waals surface area (Å²) in [5.41, 5.74) is 3.90. The zero-order valence-electron chi connectivity index (χ0n) is 14.4. The Balaban J connectivity index is 0.00000288. The molecule has 0 saturated carbocycles. The van der Waals surface area contributed by atoms with Crippen LogP contribution in [0, 0.1) is 0 Å². The Morgan fingerprint density at radius 1 is 1.25 bits per heavy atom. The zero-order valence-corrected chi connectivity index (χ0v) is 15.2. The van der Waals surface area contributed by atoms with Gasteiger partial charge in [-0.1, -0.05) is 25.1 Å². The van der Waals surface area contributed by atoms with Crippen molar-refractivity contribution < 1.29 is 37.1 Å². The largest absolute Gasteiger partial charge is 1.00 e. The number of cyclic esters (lactones) is 1. The maximum absolute atomic E-state index is 12.0. The Morgan fingerprint density at radius 3 is 2.62 bits per heavy atom. The fraction of sp³-hybridized carbons (Fsp3) is 0.611. The van der Waals surface area contributed by atoms with Crippen LogP contribution in [0.5, 0.6) is 5.75 Å². The summed E-state index contributed by atoms with van der Waals surface area (Å²) in [6.07, 6.45) is 2.52. The van der Waals surface area contributed by atoms with Crippen LogP contribution in [0.25, 0.3) is 0 Å². The number of ether oxygens (including phenoxy) is 3. The molecule has 2 rings (SSSR count). The highest BCUT2D eigenvalue weighted by Gasteiger charge is 2.35. The van der Waals surface area contributed by atoms with Crippen molar-refractivity contribution in [1.29, 1.82) is 0 Å². The molecule has 1 aromatic carbocycles. The second-order valence-electron chi connectivity index (χ2n) is 6.07. The van der Waals surface area contributed by atoms with Gasteiger partial charge in [0.15, 0.2) is 6.04 Å². The van der Waals surface area contributed by atoms with Gasteiger partial charge in [0.25, 0.3) is 0 Å². The first-order valence-electron chi connectivity index (χ1n) is 8.48. The standard InChI is InChI=1S/C18H27NO4.ClH/c1-3-12-21-17-13(2)22-18(20)15(19)10-7-11-16(17)23-14-8-5-4-6-9-14;/h4-6,8-9,13,15-17H,3,7,10-12,19H2,1-2H3;1H/t13-,15-,16-,17-;/m0./s1. The minimum atomic E-state index is -0.356. The number of hydrogen-bond acceptors (Lipinski definition) is 4. The van der Waals surface area contributed by atoms with Crippen molar-refractivity contribution in [3.8, 4) is 5.75 Å². The Labute approximate surface area is 150 Å². The van der Waals surface area contributed by atoms with Crippen molar-refractivity contribution in [1.82, 2.24) is 0 Å². The molecule has 1 aromatic rings. The summed E-state index contributed by atoms with van der Waals surface area (Å²) in [6, 6.07) is 9.40. The first-order chi connectivity index (χ1) is 11.1. The van der Waals surface area contributed by atoms with Crippen molar-refractivity contribution >= 4 is 5.97 Å². The number of carbonyl (C=O) groups is 1. The van der Waals surface area contributed by atoms with E-state index in [1.54, 1.807) is 0 Å². The average molecular weight is 358 g/mol. The molecule has 0 bridgehead atoms. The molecule has 1 aliphatic heterocycles. The molecular formula is C18H28ClNO4. The molecule has 0 radical (unpaired) electrons. The molecule has 0 spiro atoms. The van der Waals surface area contributed by atoms with Gasteiger partial charge in [0.2, 0.25) is 0 Å². The summed E-state index contributed by atoms with van der Waals surface area (Å²) in [5.74, 6) is 0.564. The van der Waals surface area contributed by atoms with Crippen LogP contribution in [0.1, 0.15) is 39.5 Å². The molecule has 3 N–H and O–H groups in total. The van der Waals surface area contributed by atoms with Crippen LogP contribution in [-0.4, -0.2) is 36.9 Å². The maximum atomic E-state index is 12.0. The summed E-state index contributed by atoms with van der Waals surface area (Å²) in [4.78, 5) is 12.0. The minimum Gasteiger partial charge on any atom is -1.00 e. The number of carbonyl (C=O) groups excluding carboxylic acids is 1. The van der Waals surface area contributed by atoms with Gasteiger partial charge in [-0.3, -0.25) is 0 Å². The lowest BCUT2D eigenvalue weighted by molar-refractivity contribution is -0.410. The first kappa shape index (κ1) is 20.7. The second kappa shape index (κ2) is 10.5. The first-order valence-corrected chi connectivity index (χ1v) is 8.48. The van der Waals surface area contributed by atoms with Crippen LogP contribution in [0.3, 0.4) is 0 Å². The monoisotopic (exact) mass is 357 g/mol. The molecule has 0 aliphatic carbocycles. The van der Waals surface area contributed by atoms with Crippen molar-refractivity contribution in [2.24, 2.45) is 0 Å². The number of hydrogen-bond donors (Lipinski definition) is 1. The Morgan fingerprint density at radius 2 is 1.96 bits per heavy atom. The molecule has 1 aliphatic rings. The van der Waals surface area contributed by atoms with Gasteiger partial charge < -0.3 is 32.4 Å². The number of rotatable bonds is 5. The molecule has 5 nitrogen and oxygen atoms in total. The third-order valence-electron chi connectivity index (χ3n) is 4.05. The maximum Gasteiger partial charge on any atom is 0.365 e. The topological polar surface area (TPSA) is 72.4 Å². The lowest BCUT2D eigenvalue weighted by Gasteiger charge is -2.31. The van der Waals surface area contributed by atoms with E-state index >= 15 is 0 Å². The second-order valence-corrected chi connectivity index (χ2v) is 6.07. The molecule has 4 atom stereocenters. The lowest BCUT2D eigenvalue weighted by atomic mass is 10.0.